The Hall–Kier alpha value is -3.54. The number of carbonyl (C=O) groups excluding carboxylic acids is 1. The smallest absolute Gasteiger partial charge is 0.248 e. The SMILES string of the molecule is COc1cc(OC)c(OC)cc1/C=C/C(=O)Nc1cccc2ccc(C)nc12. The quantitative estimate of drug-likeness (QED) is 0.651. The van der Waals surface area contributed by atoms with E-state index in [1.54, 1.807) is 39.5 Å². The van der Waals surface area contributed by atoms with Crippen molar-refractivity contribution in [3.63, 3.8) is 0 Å². The van der Waals surface area contributed by atoms with Gasteiger partial charge >= 0.3 is 0 Å². The van der Waals surface area contributed by atoms with Gasteiger partial charge in [0.2, 0.25) is 5.91 Å². The van der Waals surface area contributed by atoms with Gasteiger partial charge in [-0.2, -0.15) is 0 Å². The predicted molar refractivity (Wildman–Crippen MR) is 110 cm³/mol. The summed E-state index contributed by atoms with van der Waals surface area (Å²) < 4.78 is 16.0. The number of fused-ring (bicyclic) bond motifs is 1. The van der Waals surface area contributed by atoms with E-state index in [0.717, 1.165) is 16.6 Å². The zero-order valence-corrected chi connectivity index (χ0v) is 16.3. The number of hydrogen-bond acceptors (Lipinski definition) is 5. The summed E-state index contributed by atoms with van der Waals surface area (Å²) in [7, 11) is 4.67. The lowest BCUT2D eigenvalue weighted by atomic mass is 10.1. The number of ether oxygens (including phenoxy) is 3. The fraction of sp³-hybridized carbons (Fsp3) is 0.182. The maximum absolute atomic E-state index is 12.5. The maximum atomic E-state index is 12.5. The number of rotatable bonds is 6. The van der Waals surface area contributed by atoms with E-state index >= 15 is 0 Å². The molecule has 2 aromatic carbocycles. The molecular weight excluding hydrogens is 356 g/mol. The fourth-order valence-corrected chi connectivity index (χ4v) is 2.87. The highest BCUT2D eigenvalue weighted by atomic mass is 16.5. The minimum Gasteiger partial charge on any atom is -0.496 e. The van der Waals surface area contributed by atoms with Gasteiger partial charge in [-0.3, -0.25) is 9.78 Å². The van der Waals surface area contributed by atoms with Crippen LogP contribution in [0.4, 0.5) is 5.69 Å². The molecular formula is C22H22N2O4. The second-order valence-electron chi connectivity index (χ2n) is 6.10. The van der Waals surface area contributed by atoms with Crippen molar-refractivity contribution in [2.24, 2.45) is 0 Å². The number of pyridine rings is 1. The molecule has 0 saturated carbocycles. The Kier molecular flexibility index (Phi) is 5.79. The van der Waals surface area contributed by atoms with Crippen LogP contribution in [0.2, 0.25) is 0 Å². The maximum Gasteiger partial charge on any atom is 0.248 e. The Labute approximate surface area is 163 Å². The average Bonchev–Trinajstić information content (AvgIpc) is 2.71. The molecule has 3 rings (SSSR count). The second kappa shape index (κ2) is 8.43. The van der Waals surface area contributed by atoms with E-state index in [9.17, 15) is 4.79 Å². The standard InChI is InChI=1S/C22H22N2O4/c1-14-8-9-15-6-5-7-17(22(15)23-14)24-21(25)11-10-16-12-19(27-3)20(28-4)13-18(16)26-2/h5-13H,1-4H3,(H,24,25)/b11-10+. The van der Waals surface area contributed by atoms with Gasteiger partial charge in [0.25, 0.3) is 0 Å². The summed E-state index contributed by atoms with van der Waals surface area (Å²) in [5, 5.41) is 3.85. The van der Waals surface area contributed by atoms with Crippen molar-refractivity contribution < 1.29 is 19.0 Å². The van der Waals surface area contributed by atoms with E-state index in [2.05, 4.69) is 10.3 Å². The monoisotopic (exact) mass is 378 g/mol. The third-order valence-corrected chi connectivity index (χ3v) is 4.27. The summed E-state index contributed by atoms with van der Waals surface area (Å²) in [5.74, 6) is 1.41. The summed E-state index contributed by atoms with van der Waals surface area (Å²) in [6.45, 7) is 1.92. The van der Waals surface area contributed by atoms with Crippen molar-refractivity contribution in [2.75, 3.05) is 26.6 Å². The molecule has 1 N–H and O–H groups in total. The molecule has 6 heteroatoms. The van der Waals surface area contributed by atoms with Gasteiger partial charge in [0.05, 0.1) is 32.5 Å². The second-order valence-corrected chi connectivity index (χ2v) is 6.10. The molecule has 0 spiro atoms. The average molecular weight is 378 g/mol. The van der Waals surface area contributed by atoms with Crippen LogP contribution in [-0.2, 0) is 4.79 Å². The Morgan fingerprint density at radius 3 is 2.39 bits per heavy atom. The van der Waals surface area contributed by atoms with Gasteiger partial charge in [0, 0.05) is 28.8 Å². The van der Waals surface area contributed by atoms with Crippen LogP contribution in [0.25, 0.3) is 17.0 Å². The summed E-state index contributed by atoms with van der Waals surface area (Å²) in [6, 6.07) is 13.1. The summed E-state index contributed by atoms with van der Waals surface area (Å²) >= 11 is 0. The molecule has 28 heavy (non-hydrogen) atoms. The Morgan fingerprint density at radius 1 is 0.964 bits per heavy atom. The first-order valence-electron chi connectivity index (χ1n) is 8.71. The van der Waals surface area contributed by atoms with Gasteiger partial charge in [-0.05, 0) is 31.2 Å². The van der Waals surface area contributed by atoms with Crippen LogP contribution < -0.4 is 19.5 Å². The van der Waals surface area contributed by atoms with E-state index in [1.807, 2.05) is 37.3 Å². The molecule has 0 aliphatic rings. The Balaban J connectivity index is 1.86. The molecule has 3 aromatic rings. The van der Waals surface area contributed by atoms with Crippen LogP contribution in [0, 0.1) is 6.92 Å². The molecule has 1 heterocycles. The number of hydrogen-bond donors (Lipinski definition) is 1. The highest BCUT2D eigenvalue weighted by molar-refractivity contribution is 6.06. The van der Waals surface area contributed by atoms with Crippen LogP contribution in [0.5, 0.6) is 17.2 Å². The number of nitrogens with one attached hydrogen (secondary N) is 1. The molecule has 0 saturated heterocycles. The summed E-state index contributed by atoms with van der Waals surface area (Å²) in [5.41, 5.74) is 3.00. The molecule has 0 aliphatic heterocycles. The van der Waals surface area contributed by atoms with Crippen LogP contribution in [0.1, 0.15) is 11.3 Å². The molecule has 0 fully saturated rings. The Morgan fingerprint density at radius 2 is 1.68 bits per heavy atom. The first-order valence-corrected chi connectivity index (χ1v) is 8.71. The van der Waals surface area contributed by atoms with Gasteiger partial charge < -0.3 is 19.5 Å². The number of para-hydroxylation sites is 1. The van der Waals surface area contributed by atoms with Crippen LogP contribution >= 0.6 is 0 Å². The van der Waals surface area contributed by atoms with Crippen LogP contribution in [0.3, 0.4) is 0 Å². The minimum atomic E-state index is -0.271. The summed E-state index contributed by atoms with van der Waals surface area (Å²) in [4.78, 5) is 17.0. The lowest BCUT2D eigenvalue weighted by molar-refractivity contribution is -0.111. The molecule has 0 atom stereocenters. The van der Waals surface area contributed by atoms with Gasteiger partial charge in [0.1, 0.15) is 5.75 Å². The zero-order chi connectivity index (χ0) is 20.1. The number of aromatic nitrogens is 1. The number of nitrogens with zero attached hydrogens (tertiary/aromatic N) is 1. The fourth-order valence-electron chi connectivity index (χ4n) is 2.87. The van der Waals surface area contributed by atoms with Crippen molar-refractivity contribution in [2.45, 2.75) is 6.92 Å². The third kappa shape index (κ3) is 4.06. The van der Waals surface area contributed by atoms with E-state index in [4.69, 9.17) is 14.2 Å². The molecule has 0 aliphatic carbocycles. The number of benzene rings is 2. The van der Waals surface area contributed by atoms with Crippen LogP contribution in [0.15, 0.2) is 48.5 Å². The largest absolute Gasteiger partial charge is 0.496 e. The van der Waals surface area contributed by atoms with E-state index in [0.29, 0.717) is 28.5 Å². The van der Waals surface area contributed by atoms with E-state index in [-0.39, 0.29) is 5.91 Å². The molecule has 1 amide bonds. The molecule has 0 bridgehead atoms. The highest BCUT2D eigenvalue weighted by Crippen LogP contribution is 2.35. The lowest BCUT2D eigenvalue weighted by Crippen LogP contribution is -2.08. The number of methoxy groups -OCH3 is 3. The Bertz CT molecular complexity index is 1040. The van der Waals surface area contributed by atoms with Crippen molar-refractivity contribution >= 4 is 28.6 Å². The number of aryl methyl sites for hydroxylation is 1. The topological polar surface area (TPSA) is 69.7 Å². The van der Waals surface area contributed by atoms with Crippen LogP contribution in [-0.4, -0.2) is 32.2 Å². The van der Waals surface area contributed by atoms with E-state index in [1.165, 1.54) is 6.08 Å². The van der Waals surface area contributed by atoms with E-state index < -0.39 is 0 Å². The molecule has 1 aromatic heterocycles. The number of amides is 1. The number of carbonyl (C=O) groups is 1. The predicted octanol–water partition coefficient (Wildman–Crippen LogP) is 4.22. The molecule has 6 nitrogen and oxygen atoms in total. The minimum absolute atomic E-state index is 0.271. The first kappa shape index (κ1) is 19.2. The zero-order valence-electron chi connectivity index (χ0n) is 16.3. The van der Waals surface area contributed by atoms with Crippen molar-refractivity contribution in [1.29, 1.82) is 0 Å². The highest BCUT2D eigenvalue weighted by Gasteiger charge is 2.11. The van der Waals surface area contributed by atoms with Crippen molar-refractivity contribution in [3.05, 3.63) is 59.8 Å². The molecule has 144 valence electrons. The van der Waals surface area contributed by atoms with Gasteiger partial charge in [0.15, 0.2) is 11.5 Å². The van der Waals surface area contributed by atoms with Crippen molar-refractivity contribution in [3.8, 4) is 17.2 Å². The van der Waals surface area contributed by atoms with Gasteiger partial charge in [-0.15, -0.1) is 0 Å². The molecule has 0 radical (unpaired) electrons. The molecule has 0 unspecified atom stereocenters. The third-order valence-electron chi connectivity index (χ3n) is 4.27. The number of anilines is 1. The van der Waals surface area contributed by atoms with Gasteiger partial charge in [-0.25, -0.2) is 0 Å². The lowest BCUT2D eigenvalue weighted by Gasteiger charge is -2.12. The van der Waals surface area contributed by atoms with Crippen molar-refractivity contribution in [1.82, 2.24) is 4.98 Å². The van der Waals surface area contributed by atoms with Gasteiger partial charge in [-0.1, -0.05) is 18.2 Å². The normalized spacial score (nSPS) is 10.9. The summed E-state index contributed by atoms with van der Waals surface area (Å²) in [6.07, 6.45) is 3.11. The first-order chi connectivity index (χ1) is 13.5.